The highest BCUT2D eigenvalue weighted by Crippen LogP contribution is 2.34. The van der Waals surface area contributed by atoms with E-state index < -0.39 is 6.10 Å². The number of hydrogen-bond donors (Lipinski definition) is 2. The Morgan fingerprint density at radius 2 is 1.95 bits per heavy atom. The van der Waals surface area contributed by atoms with Gasteiger partial charge in [-0.1, -0.05) is 36.4 Å². The Balaban J connectivity index is 0.00000161. The number of aliphatic hydroxyl groups excluding tert-OH is 1. The molecule has 2 atom stereocenters. The van der Waals surface area contributed by atoms with E-state index in [1.807, 2.05) is 36.4 Å². The quantitative estimate of drug-likeness (QED) is 0.912. The fourth-order valence-electron chi connectivity index (χ4n) is 2.76. The van der Waals surface area contributed by atoms with Gasteiger partial charge in [0.15, 0.2) is 0 Å². The Labute approximate surface area is 131 Å². The maximum atomic E-state index is 10.4. The van der Waals surface area contributed by atoms with Gasteiger partial charge < -0.3 is 15.2 Å². The van der Waals surface area contributed by atoms with Crippen LogP contribution >= 0.6 is 12.4 Å². The van der Waals surface area contributed by atoms with Crippen LogP contribution in [0.2, 0.25) is 0 Å². The molecule has 0 spiro atoms. The molecule has 2 aromatic rings. The van der Waals surface area contributed by atoms with E-state index in [9.17, 15) is 5.11 Å². The van der Waals surface area contributed by atoms with Crippen LogP contribution in [-0.4, -0.2) is 18.3 Å². The van der Waals surface area contributed by atoms with Gasteiger partial charge in [-0.2, -0.15) is 0 Å². The first-order valence-electron chi connectivity index (χ1n) is 6.90. The minimum atomic E-state index is -0.469. The molecule has 2 aromatic carbocycles. The maximum absolute atomic E-state index is 10.4. The summed E-state index contributed by atoms with van der Waals surface area (Å²) in [4.78, 5) is 0. The van der Waals surface area contributed by atoms with Crippen LogP contribution in [0, 0.1) is 0 Å². The number of halogens is 1. The molecule has 4 heteroatoms. The van der Waals surface area contributed by atoms with E-state index in [2.05, 4.69) is 17.4 Å². The average molecular weight is 306 g/mol. The molecule has 3 nitrogen and oxygen atoms in total. The first-order chi connectivity index (χ1) is 9.78. The van der Waals surface area contributed by atoms with Crippen LogP contribution in [0.1, 0.15) is 22.8 Å². The number of nitrogens with one attached hydrogen (secondary N) is 1. The lowest BCUT2D eigenvalue weighted by molar-refractivity contribution is 0.141. The second kappa shape index (κ2) is 6.94. The zero-order valence-electron chi connectivity index (χ0n) is 12.0. The lowest BCUT2D eigenvalue weighted by Crippen LogP contribution is -2.32. The minimum absolute atomic E-state index is 0. The van der Waals surface area contributed by atoms with Crippen molar-refractivity contribution in [3.8, 4) is 5.75 Å². The molecule has 0 bridgehead atoms. The van der Waals surface area contributed by atoms with Gasteiger partial charge in [0.05, 0.1) is 13.2 Å². The van der Waals surface area contributed by atoms with Crippen molar-refractivity contribution in [2.45, 2.75) is 25.1 Å². The van der Waals surface area contributed by atoms with E-state index in [1.165, 1.54) is 11.1 Å². The predicted molar refractivity (Wildman–Crippen MR) is 86.0 cm³/mol. The summed E-state index contributed by atoms with van der Waals surface area (Å²) in [6, 6.07) is 16.2. The third-order valence-electron chi connectivity index (χ3n) is 3.90. The molecule has 0 fully saturated rings. The first-order valence-corrected chi connectivity index (χ1v) is 6.90. The molecule has 21 heavy (non-hydrogen) atoms. The first kappa shape index (κ1) is 15.8. The summed E-state index contributed by atoms with van der Waals surface area (Å²) >= 11 is 0. The Bertz CT molecular complexity index is 589. The molecule has 3 rings (SSSR count). The van der Waals surface area contributed by atoms with Crippen molar-refractivity contribution in [2.24, 2.45) is 0 Å². The topological polar surface area (TPSA) is 41.5 Å². The van der Waals surface area contributed by atoms with Crippen LogP contribution in [0.4, 0.5) is 0 Å². The molecule has 0 aliphatic heterocycles. The summed E-state index contributed by atoms with van der Waals surface area (Å²) in [5.41, 5.74) is 3.41. The van der Waals surface area contributed by atoms with E-state index in [0.717, 1.165) is 24.3 Å². The molecule has 0 radical (unpaired) electrons. The summed E-state index contributed by atoms with van der Waals surface area (Å²) in [6.07, 6.45) is 0.386. The molecule has 0 amide bonds. The summed E-state index contributed by atoms with van der Waals surface area (Å²) in [6.45, 7) is 0.772. The molecule has 0 heterocycles. The van der Waals surface area contributed by atoms with Crippen LogP contribution in [-0.2, 0) is 13.0 Å². The second-order valence-corrected chi connectivity index (χ2v) is 5.19. The highest BCUT2D eigenvalue weighted by atomic mass is 35.5. The van der Waals surface area contributed by atoms with E-state index in [-0.39, 0.29) is 18.4 Å². The van der Waals surface area contributed by atoms with Gasteiger partial charge >= 0.3 is 0 Å². The van der Waals surface area contributed by atoms with Crippen LogP contribution in [0.25, 0.3) is 0 Å². The van der Waals surface area contributed by atoms with Gasteiger partial charge in [-0.25, -0.2) is 0 Å². The predicted octanol–water partition coefficient (Wildman–Crippen LogP) is 2.86. The van der Waals surface area contributed by atoms with Gasteiger partial charge in [0.1, 0.15) is 5.75 Å². The number of hydrogen-bond acceptors (Lipinski definition) is 3. The van der Waals surface area contributed by atoms with Gasteiger partial charge in [0.25, 0.3) is 0 Å². The highest BCUT2D eigenvalue weighted by Gasteiger charge is 2.30. The number of fused-ring (bicyclic) bond motifs is 1. The molecular formula is C17H20ClNO2. The highest BCUT2D eigenvalue weighted by molar-refractivity contribution is 5.85. The molecular weight excluding hydrogens is 286 g/mol. The molecule has 2 N–H and O–H groups in total. The van der Waals surface area contributed by atoms with Crippen molar-refractivity contribution in [3.63, 3.8) is 0 Å². The Morgan fingerprint density at radius 1 is 1.19 bits per heavy atom. The van der Waals surface area contributed by atoms with Crippen molar-refractivity contribution >= 4 is 12.4 Å². The smallest absolute Gasteiger partial charge is 0.119 e. The minimum Gasteiger partial charge on any atom is -0.497 e. The standard InChI is InChI=1S/C17H19NO2.ClH/c1-20-14-8-7-13-9-16(17(19)15(13)10-14)18-11-12-5-3-2-4-6-12;/h2-8,10,16-19H,9,11H2,1H3;1H. The average Bonchev–Trinajstić information content (AvgIpc) is 2.82. The number of ether oxygens (including phenoxy) is 1. The summed E-state index contributed by atoms with van der Waals surface area (Å²) in [7, 11) is 1.65. The second-order valence-electron chi connectivity index (χ2n) is 5.19. The van der Waals surface area contributed by atoms with Gasteiger partial charge in [-0.15, -0.1) is 12.4 Å². The number of rotatable bonds is 4. The molecule has 2 unspecified atom stereocenters. The van der Waals surface area contributed by atoms with Crippen molar-refractivity contribution in [3.05, 3.63) is 65.2 Å². The molecule has 112 valence electrons. The van der Waals surface area contributed by atoms with Crippen LogP contribution in [0.15, 0.2) is 48.5 Å². The molecule has 0 aromatic heterocycles. The molecule has 0 saturated carbocycles. The Hall–Kier alpha value is -1.55. The van der Waals surface area contributed by atoms with Crippen molar-refractivity contribution in [2.75, 3.05) is 7.11 Å². The fraction of sp³-hybridized carbons (Fsp3) is 0.294. The van der Waals surface area contributed by atoms with Gasteiger partial charge in [-0.3, -0.25) is 0 Å². The largest absolute Gasteiger partial charge is 0.497 e. The monoisotopic (exact) mass is 305 g/mol. The van der Waals surface area contributed by atoms with E-state index in [1.54, 1.807) is 7.11 Å². The van der Waals surface area contributed by atoms with Crippen LogP contribution in [0.5, 0.6) is 5.75 Å². The number of benzene rings is 2. The zero-order chi connectivity index (χ0) is 13.9. The normalized spacial score (nSPS) is 19.7. The van der Waals surface area contributed by atoms with Crippen LogP contribution < -0.4 is 10.1 Å². The summed E-state index contributed by atoms with van der Waals surface area (Å²) in [5, 5.41) is 13.9. The number of aliphatic hydroxyl groups is 1. The zero-order valence-corrected chi connectivity index (χ0v) is 12.8. The summed E-state index contributed by atoms with van der Waals surface area (Å²) in [5.74, 6) is 0.798. The Morgan fingerprint density at radius 3 is 2.67 bits per heavy atom. The van der Waals surface area contributed by atoms with Gasteiger partial charge in [0.2, 0.25) is 0 Å². The maximum Gasteiger partial charge on any atom is 0.119 e. The van der Waals surface area contributed by atoms with E-state index >= 15 is 0 Å². The van der Waals surface area contributed by atoms with Crippen molar-refractivity contribution < 1.29 is 9.84 Å². The SMILES string of the molecule is COc1ccc2c(c1)C(O)C(NCc1ccccc1)C2.Cl. The molecule has 1 aliphatic carbocycles. The van der Waals surface area contributed by atoms with E-state index in [0.29, 0.717) is 0 Å². The van der Waals surface area contributed by atoms with Crippen LogP contribution in [0.3, 0.4) is 0 Å². The summed E-state index contributed by atoms with van der Waals surface area (Å²) < 4.78 is 5.22. The lowest BCUT2D eigenvalue weighted by atomic mass is 10.1. The molecule has 1 aliphatic rings. The van der Waals surface area contributed by atoms with Gasteiger partial charge in [0, 0.05) is 12.6 Å². The lowest BCUT2D eigenvalue weighted by Gasteiger charge is -2.17. The third kappa shape index (κ3) is 3.38. The van der Waals surface area contributed by atoms with Crippen molar-refractivity contribution in [1.29, 1.82) is 0 Å². The third-order valence-corrected chi connectivity index (χ3v) is 3.90. The van der Waals surface area contributed by atoms with E-state index in [4.69, 9.17) is 4.74 Å². The fourth-order valence-corrected chi connectivity index (χ4v) is 2.76. The molecule has 0 saturated heterocycles. The number of methoxy groups -OCH3 is 1. The van der Waals surface area contributed by atoms with Crippen molar-refractivity contribution in [1.82, 2.24) is 5.32 Å². The van der Waals surface area contributed by atoms with Gasteiger partial charge in [-0.05, 0) is 35.2 Å². The Kier molecular flexibility index (Phi) is 5.23.